The lowest BCUT2D eigenvalue weighted by atomic mass is 10.0. The van der Waals surface area contributed by atoms with Crippen molar-refractivity contribution >= 4 is 33.2 Å². The van der Waals surface area contributed by atoms with Crippen LogP contribution in [-0.4, -0.2) is 0 Å². The van der Waals surface area contributed by atoms with Crippen LogP contribution >= 0.6 is 0 Å². The van der Waals surface area contributed by atoms with Gasteiger partial charge in [-0.25, -0.2) is 0 Å². The molecule has 0 saturated carbocycles. The fraction of sp³-hybridized carbons (Fsp3) is 0.0968. The van der Waals surface area contributed by atoms with Gasteiger partial charge in [0, 0.05) is 0 Å². The Kier molecular flexibility index (Phi) is 9.26. The van der Waals surface area contributed by atoms with Crippen LogP contribution in [0.5, 0.6) is 0 Å². The molecule has 156 valence electrons. The van der Waals surface area contributed by atoms with Crippen LogP contribution in [-0.2, 0) is 0 Å². The molecular formula is C31H32. The highest BCUT2D eigenvalue weighted by molar-refractivity contribution is 6.07. The summed E-state index contributed by atoms with van der Waals surface area (Å²) in [5.74, 6) is 0. The summed E-state index contributed by atoms with van der Waals surface area (Å²) < 4.78 is 0. The molecule has 4 aromatic rings. The summed E-state index contributed by atoms with van der Waals surface area (Å²) in [5, 5.41) is 7.64. The molecule has 31 heavy (non-hydrogen) atoms. The van der Waals surface area contributed by atoms with Gasteiger partial charge in [0.2, 0.25) is 0 Å². The van der Waals surface area contributed by atoms with E-state index < -0.39 is 0 Å². The van der Waals surface area contributed by atoms with E-state index >= 15 is 0 Å². The monoisotopic (exact) mass is 404 g/mol. The summed E-state index contributed by atoms with van der Waals surface area (Å²) in [6.07, 6.45) is 5.66. The van der Waals surface area contributed by atoms with Crippen molar-refractivity contribution in [3.05, 3.63) is 133 Å². The van der Waals surface area contributed by atoms with Crippen LogP contribution < -0.4 is 10.4 Å². The van der Waals surface area contributed by atoms with Crippen LogP contribution in [0.3, 0.4) is 0 Å². The fourth-order valence-electron chi connectivity index (χ4n) is 3.47. The average molecular weight is 405 g/mol. The minimum Gasteiger partial charge on any atom is -0.0985 e. The Morgan fingerprint density at radius 2 is 1.13 bits per heavy atom. The van der Waals surface area contributed by atoms with Gasteiger partial charge in [0.05, 0.1) is 0 Å². The molecule has 0 radical (unpaired) electrons. The van der Waals surface area contributed by atoms with Gasteiger partial charge in [-0.15, -0.1) is 0 Å². The van der Waals surface area contributed by atoms with E-state index in [4.69, 9.17) is 0 Å². The molecule has 0 fully saturated rings. The maximum atomic E-state index is 3.96. The molecule has 4 rings (SSSR count). The van der Waals surface area contributed by atoms with Crippen molar-refractivity contribution in [2.45, 2.75) is 20.8 Å². The zero-order valence-corrected chi connectivity index (χ0v) is 18.9. The average Bonchev–Trinajstić information content (AvgIpc) is 2.86. The van der Waals surface area contributed by atoms with E-state index in [1.165, 1.54) is 26.8 Å². The molecule has 0 spiro atoms. The molecule has 4 aromatic carbocycles. The van der Waals surface area contributed by atoms with E-state index in [0.29, 0.717) is 0 Å². The van der Waals surface area contributed by atoms with Gasteiger partial charge >= 0.3 is 0 Å². The Hall–Kier alpha value is -3.64. The maximum Gasteiger partial charge on any atom is -0.0105 e. The van der Waals surface area contributed by atoms with Crippen molar-refractivity contribution in [1.29, 1.82) is 0 Å². The predicted molar refractivity (Wildman–Crippen MR) is 142 cm³/mol. The van der Waals surface area contributed by atoms with E-state index in [-0.39, 0.29) is 0 Å². The molecule has 0 amide bonds. The molecule has 0 heteroatoms. The van der Waals surface area contributed by atoms with Gasteiger partial charge in [0.1, 0.15) is 0 Å². The summed E-state index contributed by atoms with van der Waals surface area (Å²) in [5.41, 5.74) is 1.94. The van der Waals surface area contributed by atoms with Crippen LogP contribution in [0.2, 0.25) is 0 Å². The van der Waals surface area contributed by atoms with Crippen LogP contribution in [0.25, 0.3) is 33.2 Å². The number of fused-ring (bicyclic) bond motifs is 3. The van der Waals surface area contributed by atoms with Gasteiger partial charge in [-0.2, -0.15) is 0 Å². The number of benzene rings is 4. The van der Waals surface area contributed by atoms with Gasteiger partial charge in [-0.3, -0.25) is 0 Å². The Morgan fingerprint density at radius 3 is 1.61 bits per heavy atom. The summed E-state index contributed by atoms with van der Waals surface area (Å²) >= 11 is 0. The second kappa shape index (κ2) is 12.1. The number of allylic oxidation sites excluding steroid dienone is 3. The molecule has 0 unspecified atom stereocenters. The van der Waals surface area contributed by atoms with Crippen molar-refractivity contribution in [2.24, 2.45) is 0 Å². The highest BCUT2D eigenvalue weighted by Gasteiger charge is 1.97. The third kappa shape index (κ3) is 5.71. The largest absolute Gasteiger partial charge is 0.0985 e. The highest BCUT2D eigenvalue weighted by atomic mass is 14.0. The summed E-state index contributed by atoms with van der Waals surface area (Å²) in [4.78, 5) is 0. The van der Waals surface area contributed by atoms with Crippen LogP contribution in [0.15, 0.2) is 122 Å². The zero-order valence-electron chi connectivity index (χ0n) is 18.9. The molecule has 0 aliphatic rings. The van der Waals surface area contributed by atoms with Gasteiger partial charge in [-0.1, -0.05) is 137 Å². The molecule has 0 saturated heterocycles. The van der Waals surface area contributed by atoms with E-state index in [1.54, 1.807) is 6.08 Å². The van der Waals surface area contributed by atoms with E-state index in [0.717, 1.165) is 16.4 Å². The quantitative estimate of drug-likeness (QED) is 0.244. The number of hydrogen-bond donors (Lipinski definition) is 0. The number of rotatable bonds is 3. The highest BCUT2D eigenvalue weighted by Crippen LogP contribution is 2.24. The first-order chi connectivity index (χ1) is 15.2. The molecule has 0 aromatic heterocycles. The molecule has 0 N–H and O–H groups in total. The topological polar surface area (TPSA) is 0 Å². The van der Waals surface area contributed by atoms with Crippen molar-refractivity contribution in [3.63, 3.8) is 0 Å². The Bertz CT molecular complexity index is 1250. The smallest absolute Gasteiger partial charge is 0.0105 e. The SMILES string of the molecule is C=CC(=C)/C(C=C)=c1/cccc/c1=C/C.CC.c1ccc2c(c1)ccc1ccccc12. The first-order valence-corrected chi connectivity index (χ1v) is 10.8. The first kappa shape index (κ1) is 23.6. The third-order valence-corrected chi connectivity index (χ3v) is 5.01. The van der Waals surface area contributed by atoms with E-state index in [9.17, 15) is 0 Å². The van der Waals surface area contributed by atoms with Crippen LogP contribution in [0.1, 0.15) is 20.8 Å². The molecule has 0 bridgehead atoms. The normalized spacial score (nSPS) is 11.5. The predicted octanol–water partition coefficient (Wildman–Crippen LogP) is 7.59. The lowest BCUT2D eigenvalue weighted by Gasteiger charge is -2.02. The first-order valence-electron chi connectivity index (χ1n) is 10.8. The van der Waals surface area contributed by atoms with Crippen molar-refractivity contribution in [1.82, 2.24) is 0 Å². The molecule has 0 nitrogen and oxygen atoms in total. The van der Waals surface area contributed by atoms with E-state index in [1.807, 2.05) is 39.0 Å². The molecule has 0 atom stereocenters. The van der Waals surface area contributed by atoms with E-state index in [2.05, 4.69) is 98.6 Å². The van der Waals surface area contributed by atoms with Crippen LogP contribution in [0, 0.1) is 0 Å². The lowest BCUT2D eigenvalue weighted by Crippen LogP contribution is -2.26. The third-order valence-electron chi connectivity index (χ3n) is 5.01. The molecule has 0 heterocycles. The number of hydrogen-bond acceptors (Lipinski definition) is 0. The van der Waals surface area contributed by atoms with Gasteiger partial charge in [0.15, 0.2) is 0 Å². The van der Waals surface area contributed by atoms with Crippen molar-refractivity contribution < 1.29 is 0 Å². The zero-order chi connectivity index (χ0) is 22.6. The van der Waals surface area contributed by atoms with Crippen LogP contribution in [0.4, 0.5) is 0 Å². The Labute approximate surface area is 186 Å². The standard InChI is InChI=1S/C15H16.C14H10.C2H6/c1-5-12(4)14(7-3)15-11-9-8-10-13(15)6-2;1-3-7-13-11(5-1)9-10-12-6-2-4-8-14(12)13;1-2/h5-11H,1,3-4H2,2H3;1-10H;1-2H3/b13-6-,15-14-;;. The molecular weight excluding hydrogens is 372 g/mol. The minimum absolute atomic E-state index is 0.902. The van der Waals surface area contributed by atoms with Gasteiger partial charge in [-0.05, 0) is 50.1 Å². The summed E-state index contributed by atoms with van der Waals surface area (Å²) in [6.45, 7) is 17.5. The second-order valence-corrected chi connectivity index (χ2v) is 6.73. The second-order valence-electron chi connectivity index (χ2n) is 6.73. The minimum atomic E-state index is 0.902. The molecule has 0 aliphatic heterocycles. The lowest BCUT2D eigenvalue weighted by molar-refractivity contribution is 1.48. The Morgan fingerprint density at radius 1 is 0.645 bits per heavy atom. The van der Waals surface area contributed by atoms with Gasteiger partial charge in [0.25, 0.3) is 0 Å². The summed E-state index contributed by atoms with van der Waals surface area (Å²) in [7, 11) is 0. The Balaban J connectivity index is 0.000000204. The molecule has 0 aliphatic carbocycles. The summed E-state index contributed by atoms with van der Waals surface area (Å²) in [6, 6.07) is 29.6. The van der Waals surface area contributed by atoms with Gasteiger partial charge < -0.3 is 0 Å². The fourth-order valence-corrected chi connectivity index (χ4v) is 3.47. The van der Waals surface area contributed by atoms with Crippen molar-refractivity contribution in [2.75, 3.05) is 0 Å². The van der Waals surface area contributed by atoms with Crippen molar-refractivity contribution in [3.8, 4) is 0 Å². The maximum absolute atomic E-state index is 3.96.